The van der Waals surface area contributed by atoms with Gasteiger partial charge in [0, 0.05) is 6.07 Å². The second-order valence-corrected chi connectivity index (χ2v) is 19.8. The number of quaternary nitrogens is 1. The van der Waals surface area contributed by atoms with Crippen molar-refractivity contribution in [1.82, 2.24) is 0 Å². The molecule has 0 bridgehead atoms. The highest BCUT2D eigenvalue weighted by molar-refractivity contribution is 7.23. The molecule has 0 heterocycles. The van der Waals surface area contributed by atoms with Gasteiger partial charge in [0.25, 0.3) is 0 Å². The van der Waals surface area contributed by atoms with Gasteiger partial charge in [-0.3, -0.25) is 0 Å². The van der Waals surface area contributed by atoms with E-state index < -0.39 is 264 Å². The molecule has 0 aliphatic heterocycles. The van der Waals surface area contributed by atoms with Gasteiger partial charge in [0.2, 0.25) is 0 Å². The fourth-order valence-electron chi connectivity index (χ4n) is 10.9. The molecular formula is C56H23BF33N. The van der Waals surface area contributed by atoms with Gasteiger partial charge in [-0.05, 0) is 58.7 Å². The molecule has 0 aliphatic carbocycles. The number of alkyl halides is 10. The molecule has 91 heavy (non-hydrogen) atoms. The summed E-state index contributed by atoms with van der Waals surface area (Å²) in [5.41, 5.74) is -15.2. The maximum atomic E-state index is 17.3. The molecule has 0 radical (unpaired) electrons. The summed E-state index contributed by atoms with van der Waals surface area (Å²) < 4.78 is 490. The molecule has 0 aliphatic rings. The third-order valence-electron chi connectivity index (χ3n) is 14.8. The highest BCUT2D eigenvalue weighted by Crippen LogP contribution is 2.48. The molecule has 0 saturated heterocycles. The van der Waals surface area contributed by atoms with Crippen LogP contribution >= 0.6 is 0 Å². The zero-order valence-electron chi connectivity index (χ0n) is 43.8. The van der Waals surface area contributed by atoms with Gasteiger partial charge in [-0.25, -0.2) is 101 Å². The molecule has 0 saturated carbocycles. The molecule has 486 valence electrons. The average molecular weight is 1350 g/mol. The number of halogens is 33. The van der Waals surface area contributed by atoms with Gasteiger partial charge in [-0.15, -0.1) is 30.6 Å². The highest BCUT2D eigenvalue weighted by atomic mass is 19.4. The van der Waals surface area contributed by atoms with Crippen molar-refractivity contribution in [3.8, 4) is 0 Å². The minimum Gasteiger partial charge on any atom is -0.231 e. The number of rotatable bonds is 12. The summed E-state index contributed by atoms with van der Waals surface area (Å²) in [6.45, 7) is 0.320. The van der Waals surface area contributed by atoms with Crippen LogP contribution < -0.4 is 26.8 Å². The van der Waals surface area contributed by atoms with Gasteiger partial charge in [-0.1, -0.05) is 44.0 Å². The van der Waals surface area contributed by atoms with Gasteiger partial charge in [0.1, 0.15) is 35.0 Å². The van der Waals surface area contributed by atoms with E-state index in [1.807, 2.05) is 0 Å². The molecule has 1 nitrogen and oxygen atoms in total. The summed E-state index contributed by atoms with van der Waals surface area (Å²) in [5.74, 6) is -70.0. The van der Waals surface area contributed by atoms with Gasteiger partial charge in [0.05, 0.1) is 28.1 Å². The Labute approximate surface area is 483 Å². The summed E-state index contributed by atoms with van der Waals surface area (Å²) in [6, 6.07) is -6.98. The van der Waals surface area contributed by atoms with Crippen molar-refractivity contribution in [2.45, 2.75) is 56.9 Å². The summed E-state index contributed by atoms with van der Waals surface area (Å²) in [7, 11) is 0. The molecule has 0 spiro atoms. The second-order valence-electron chi connectivity index (χ2n) is 19.8. The van der Waals surface area contributed by atoms with E-state index in [1.165, 1.54) is 0 Å². The van der Waals surface area contributed by atoms with Crippen LogP contribution in [-0.2, 0) is 5.92 Å². The minimum absolute atomic E-state index is 0.0187. The number of hydrogen-bond acceptors (Lipinski definition) is 0. The normalized spacial score (nSPS) is 13.1. The second kappa shape index (κ2) is 23.8. The first kappa shape index (κ1) is 68.6. The Balaban J connectivity index is 0.000000300. The van der Waals surface area contributed by atoms with Crippen molar-refractivity contribution < 1.29 is 150 Å². The molecular weight excluding hydrogens is 1320 g/mol. The molecule has 1 N–H and O–H groups in total. The van der Waals surface area contributed by atoms with Crippen LogP contribution in [0.2, 0.25) is 0 Å². The van der Waals surface area contributed by atoms with E-state index in [-0.39, 0.29) is 55.0 Å². The van der Waals surface area contributed by atoms with Crippen LogP contribution in [0.5, 0.6) is 0 Å². The number of hydrogen-bond donors (Lipinski definition) is 1. The summed E-state index contributed by atoms with van der Waals surface area (Å²) in [6.07, 6.45) is -19.0. The zero-order valence-corrected chi connectivity index (χ0v) is 43.8. The predicted molar refractivity (Wildman–Crippen MR) is 256 cm³/mol. The van der Waals surface area contributed by atoms with Crippen molar-refractivity contribution in [2.75, 3.05) is 6.54 Å². The standard InChI is InChI=1S/C40H8BF20.C16H14F13N/c42-13-5-1-9-17(25(13)46)29(50)37(58)33(54)21(9)41(22-10-2-6-14(43)26(47)18(10)30(51)38(59)34(22)55,23-11-3-7-15(44)27(48)19(11)31(52)39(60)35(23)56)24-12-4-8-16(45)28(49)20(12)32(53)40(61)36(24)57;1-2-3-4-5-6-30(16(28,29)15(25,26)27)9-7-8(17)11(18)10(12(9)19)13(20,21)14(22,23)24/h1-8H;7H,2-6H2,1H3/q-1;/p+1. The van der Waals surface area contributed by atoms with E-state index in [0.29, 0.717) is 12.8 Å². The Morgan fingerprint density at radius 3 is 0.868 bits per heavy atom. The van der Waals surface area contributed by atoms with E-state index in [1.54, 1.807) is 6.92 Å². The lowest BCUT2D eigenvalue weighted by Crippen LogP contribution is -3.16. The van der Waals surface area contributed by atoms with Crippen LogP contribution in [0.15, 0.2) is 54.6 Å². The quantitative estimate of drug-likeness (QED) is 0.0311. The maximum Gasteiger partial charge on any atom is 0.515 e. The van der Waals surface area contributed by atoms with Crippen LogP contribution in [0.4, 0.5) is 151 Å². The van der Waals surface area contributed by atoms with E-state index >= 15 is 70.2 Å². The first-order valence-electron chi connectivity index (χ1n) is 24.9. The fourth-order valence-corrected chi connectivity index (χ4v) is 10.9. The Morgan fingerprint density at radius 1 is 0.308 bits per heavy atom. The highest BCUT2D eigenvalue weighted by Gasteiger charge is 2.69. The third-order valence-corrected chi connectivity index (χ3v) is 14.8. The van der Waals surface area contributed by atoms with E-state index in [0.717, 1.165) is 0 Å². The lowest BCUT2D eigenvalue weighted by Gasteiger charge is -2.47. The Morgan fingerprint density at radius 2 is 0.604 bits per heavy atom. The molecule has 0 aromatic heterocycles. The first-order valence-corrected chi connectivity index (χ1v) is 24.9. The van der Waals surface area contributed by atoms with Crippen molar-refractivity contribution in [3.63, 3.8) is 0 Å². The Hall–Kier alpha value is -8.27. The van der Waals surface area contributed by atoms with Crippen LogP contribution in [0.1, 0.15) is 38.2 Å². The molecule has 0 fully saturated rings. The topological polar surface area (TPSA) is 4.44 Å². The molecule has 1 atom stereocenters. The van der Waals surface area contributed by atoms with Crippen LogP contribution in [0, 0.1) is 134 Å². The Bertz CT molecular complexity index is 4060. The van der Waals surface area contributed by atoms with Gasteiger partial charge < -0.3 is 0 Å². The lowest BCUT2D eigenvalue weighted by molar-refractivity contribution is -0.951. The first-order chi connectivity index (χ1) is 42.0. The van der Waals surface area contributed by atoms with Crippen molar-refractivity contribution in [2.24, 2.45) is 0 Å². The van der Waals surface area contributed by atoms with Gasteiger partial charge in [0.15, 0.2) is 116 Å². The van der Waals surface area contributed by atoms with Crippen LogP contribution in [-0.4, -0.2) is 31.1 Å². The van der Waals surface area contributed by atoms with E-state index in [4.69, 9.17) is 0 Å². The zero-order chi connectivity index (χ0) is 68.3. The minimum atomic E-state index is -6.69. The predicted octanol–water partition coefficient (Wildman–Crippen LogP) is 16.5. The average Bonchev–Trinajstić information content (AvgIpc) is 0.670. The van der Waals surface area contributed by atoms with E-state index in [9.17, 15) is 74.6 Å². The van der Waals surface area contributed by atoms with Crippen molar-refractivity contribution >= 4 is 76.8 Å². The third kappa shape index (κ3) is 10.4. The summed E-state index contributed by atoms with van der Waals surface area (Å²) in [5, 5.41) is -16.2. The number of fused-ring (bicyclic) bond motifs is 4. The Kier molecular flexibility index (Phi) is 17.9. The number of nitrogens with one attached hydrogen (secondary N) is 1. The molecule has 9 aromatic rings. The van der Waals surface area contributed by atoms with Crippen molar-refractivity contribution in [1.29, 1.82) is 0 Å². The van der Waals surface area contributed by atoms with Crippen LogP contribution in [0.3, 0.4) is 0 Å². The number of unbranched alkanes of at least 4 members (excludes halogenated alkanes) is 3. The SMILES string of the molecule is CCCCCC[NH+](c1cc(F)c(F)c(C(F)(F)C(F)(F)F)c1F)C(F)(F)C(F)(F)F.Fc1ccc2c([B-](c3c(F)c(F)c(F)c4c(F)c(F)ccc34)(c3c(F)c(F)c(F)c4c(F)c(F)ccc34)c3c(F)c(F)c(F)c4c(F)c(F)ccc34)c(F)c(F)c(F)c2c1F. The number of benzene rings is 9. The molecule has 9 rings (SSSR count). The molecule has 0 amide bonds. The largest absolute Gasteiger partial charge is 0.515 e. The lowest BCUT2D eigenvalue weighted by atomic mass is 9.11. The molecule has 9 aromatic carbocycles. The van der Waals surface area contributed by atoms with Crippen molar-refractivity contribution in [3.05, 3.63) is 194 Å². The smallest absolute Gasteiger partial charge is 0.231 e. The fraction of sp³-hybridized carbons (Fsp3) is 0.179. The molecule has 35 heteroatoms. The van der Waals surface area contributed by atoms with Gasteiger partial charge >= 0.3 is 24.3 Å². The maximum absolute atomic E-state index is 17.3. The summed E-state index contributed by atoms with van der Waals surface area (Å²) >= 11 is 0. The molecule has 1 unspecified atom stereocenters. The van der Waals surface area contributed by atoms with E-state index in [2.05, 4.69) is 0 Å². The van der Waals surface area contributed by atoms with Gasteiger partial charge in [-0.2, -0.15) is 39.5 Å². The summed E-state index contributed by atoms with van der Waals surface area (Å²) in [4.78, 5) is -2.28. The monoisotopic (exact) mass is 1350 g/mol. The van der Waals surface area contributed by atoms with Crippen LogP contribution in [0.25, 0.3) is 43.1 Å².